The average Bonchev–Trinajstić information content (AvgIpc) is 2.62. The SMILES string of the molecule is Cc1cc(Br)cc(C)c1NC(=O)c1nn(C)cc1N. The summed E-state index contributed by atoms with van der Waals surface area (Å²) in [6.07, 6.45) is 1.61. The van der Waals surface area contributed by atoms with Crippen LogP contribution >= 0.6 is 15.9 Å². The predicted octanol–water partition coefficient (Wildman–Crippen LogP) is 2.63. The molecule has 0 aliphatic rings. The Kier molecular flexibility index (Phi) is 3.61. The van der Waals surface area contributed by atoms with Gasteiger partial charge in [0.05, 0.1) is 5.69 Å². The maximum absolute atomic E-state index is 12.2. The quantitative estimate of drug-likeness (QED) is 0.892. The fourth-order valence-electron chi connectivity index (χ4n) is 1.96. The van der Waals surface area contributed by atoms with Gasteiger partial charge in [0, 0.05) is 23.4 Å². The molecule has 1 aromatic heterocycles. The largest absolute Gasteiger partial charge is 0.396 e. The van der Waals surface area contributed by atoms with Gasteiger partial charge in [0.15, 0.2) is 5.69 Å². The van der Waals surface area contributed by atoms with Crippen LogP contribution in [-0.2, 0) is 7.05 Å². The highest BCUT2D eigenvalue weighted by molar-refractivity contribution is 9.10. The summed E-state index contributed by atoms with van der Waals surface area (Å²) in [5.41, 5.74) is 9.11. The molecule has 1 amide bonds. The highest BCUT2D eigenvalue weighted by Gasteiger charge is 2.16. The molecule has 5 nitrogen and oxygen atoms in total. The van der Waals surface area contributed by atoms with Gasteiger partial charge in [0.25, 0.3) is 5.91 Å². The number of carbonyl (C=O) groups is 1. The lowest BCUT2D eigenvalue weighted by atomic mass is 10.1. The van der Waals surface area contributed by atoms with Crippen molar-refractivity contribution in [2.45, 2.75) is 13.8 Å². The molecule has 19 heavy (non-hydrogen) atoms. The molecule has 1 aromatic carbocycles. The number of amides is 1. The van der Waals surface area contributed by atoms with Crippen LogP contribution in [0.4, 0.5) is 11.4 Å². The van der Waals surface area contributed by atoms with Crippen molar-refractivity contribution in [1.82, 2.24) is 9.78 Å². The first-order chi connectivity index (χ1) is 8.88. The van der Waals surface area contributed by atoms with Crippen LogP contribution in [0, 0.1) is 13.8 Å². The van der Waals surface area contributed by atoms with Crippen molar-refractivity contribution in [3.63, 3.8) is 0 Å². The van der Waals surface area contributed by atoms with Crippen molar-refractivity contribution in [2.75, 3.05) is 11.1 Å². The first kappa shape index (κ1) is 13.6. The molecule has 0 aliphatic heterocycles. The molecule has 0 radical (unpaired) electrons. The van der Waals surface area contributed by atoms with Crippen LogP contribution in [-0.4, -0.2) is 15.7 Å². The number of carbonyl (C=O) groups excluding carboxylic acids is 1. The molecule has 0 fully saturated rings. The number of rotatable bonds is 2. The zero-order valence-electron chi connectivity index (χ0n) is 11.0. The Hall–Kier alpha value is -1.82. The van der Waals surface area contributed by atoms with E-state index in [1.807, 2.05) is 26.0 Å². The van der Waals surface area contributed by atoms with Gasteiger partial charge in [0.2, 0.25) is 0 Å². The minimum atomic E-state index is -0.299. The number of nitrogens with zero attached hydrogens (tertiary/aromatic N) is 2. The maximum Gasteiger partial charge on any atom is 0.278 e. The minimum Gasteiger partial charge on any atom is -0.396 e. The smallest absolute Gasteiger partial charge is 0.278 e. The number of anilines is 2. The maximum atomic E-state index is 12.2. The van der Waals surface area contributed by atoms with E-state index in [-0.39, 0.29) is 11.6 Å². The number of nitrogens with two attached hydrogens (primary N) is 1. The van der Waals surface area contributed by atoms with Crippen molar-refractivity contribution >= 4 is 33.2 Å². The number of hydrogen-bond acceptors (Lipinski definition) is 3. The normalized spacial score (nSPS) is 10.5. The van der Waals surface area contributed by atoms with E-state index in [9.17, 15) is 4.79 Å². The second kappa shape index (κ2) is 5.05. The average molecular weight is 323 g/mol. The molecule has 0 spiro atoms. The number of benzene rings is 1. The van der Waals surface area contributed by atoms with E-state index in [4.69, 9.17) is 5.73 Å². The van der Waals surface area contributed by atoms with Gasteiger partial charge < -0.3 is 11.1 Å². The molecule has 3 N–H and O–H groups in total. The van der Waals surface area contributed by atoms with Crippen LogP contribution in [0.25, 0.3) is 0 Å². The van der Waals surface area contributed by atoms with E-state index in [2.05, 4.69) is 26.3 Å². The predicted molar refractivity (Wildman–Crippen MR) is 79.2 cm³/mol. The van der Waals surface area contributed by atoms with Crippen molar-refractivity contribution in [3.8, 4) is 0 Å². The summed E-state index contributed by atoms with van der Waals surface area (Å²) in [4.78, 5) is 12.2. The van der Waals surface area contributed by atoms with E-state index in [0.29, 0.717) is 5.69 Å². The lowest BCUT2D eigenvalue weighted by molar-refractivity contribution is 0.102. The minimum absolute atomic E-state index is 0.240. The van der Waals surface area contributed by atoms with Crippen LogP contribution in [0.15, 0.2) is 22.8 Å². The topological polar surface area (TPSA) is 72.9 Å². The molecular weight excluding hydrogens is 308 g/mol. The lowest BCUT2D eigenvalue weighted by Crippen LogP contribution is -2.16. The van der Waals surface area contributed by atoms with Crippen LogP contribution in [0.5, 0.6) is 0 Å². The molecule has 0 atom stereocenters. The number of halogens is 1. The van der Waals surface area contributed by atoms with E-state index in [0.717, 1.165) is 21.3 Å². The third-order valence-electron chi connectivity index (χ3n) is 2.81. The Labute approximate surface area is 119 Å². The standard InChI is InChI=1S/C13H15BrN4O/c1-7-4-9(14)5-8(2)11(7)16-13(19)12-10(15)6-18(3)17-12/h4-6H,15H2,1-3H3,(H,16,19). The molecule has 0 bridgehead atoms. The Bertz CT molecular complexity index is 625. The molecule has 100 valence electrons. The first-order valence-corrected chi connectivity index (χ1v) is 6.55. The molecule has 0 aliphatic carbocycles. The monoisotopic (exact) mass is 322 g/mol. The van der Waals surface area contributed by atoms with E-state index < -0.39 is 0 Å². The molecule has 0 unspecified atom stereocenters. The molecule has 2 rings (SSSR count). The summed E-state index contributed by atoms with van der Waals surface area (Å²) < 4.78 is 2.50. The lowest BCUT2D eigenvalue weighted by Gasteiger charge is -2.11. The second-order valence-corrected chi connectivity index (χ2v) is 5.39. The van der Waals surface area contributed by atoms with Crippen molar-refractivity contribution in [3.05, 3.63) is 39.6 Å². The summed E-state index contributed by atoms with van der Waals surface area (Å²) in [6, 6.07) is 3.90. The van der Waals surface area contributed by atoms with Crippen LogP contribution < -0.4 is 11.1 Å². The zero-order valence-corrected chi connectivity index (χ0v) is 12.6. The summed E-state index contributed by atoms with van der Waals surface area (Å²) in [7, 11) is 1.73. The van der Waals surface area contributed by atoms with Gasteiger partial charge in [-0.25, -0.2) is 0 Å². The summed E-state index contributed by atoms with van der Waals surface area (Å²) in [5, 5.41) is 6.91. The van der Waals surface area contributed by atoms with Crippen molar-refractivity contribution in [2.24, 2.45) is 7.05 Å². The number of aromatic nitrogens is 2. The van der Waals surface area contributed by atoms with Gasteiger partial charge >= 0.3 is 0 Å². The molecule has 6 heteroatoms. The third-order valence-corrected chi connectivity index (χ3v) is 3.27. The van der Waals surface area contributed by atoms with Crippen LogP contribution in [0.3, 0.4) is 0 Å². The van der Waals surface area contributed by atoms with Crippen LogP contribution in [0.1, 0.15) is 21.6 Å². The van der Waals surface area contributed by atoms with Crippen LogP contribution in [0.2, 0.25) is 0 Å². The zero-order chi connectivity index (χ0) is 14.2. The Balaban J connectivity index is 2.32. The highest BCUT2D eigenvalue weighted by atomic mass is 79.9. The summed E-state index contributed by atoms with van der Waals surface area (Å²) in [6.45, 7) is 3.88. The summed E-state index contributed by atoms with van der Waals surface area (Å²) >= 11 is 3.42. The molecular formula is C13H15BrN4O. The fourth-order valence-corrected chi connectivity index (χ4v) is 2.65. The van der Waals surface area contributed by atoms with Crippen molar-refractivity contribution < 1.29 is 4.79 Å². The van der Waals surface area contributed by atoms with Crippen molar-refractivity contribution in [1.29, 1.82) is 0 Å². The first-order valence-electron chi connectivity index (χ1n) is 5.75. The highest BCUT2D eigenvalue weighted by Crippen LogP contribution is 2.25. The van der Waals surface area contributed by atoms with Gasteiger partial charge in [-0.1, -0.05) is 15.9 Å². The van der Waals surface area contributed by atoms with E-state index >= 15 is 0 Å². The number of aryl methyl sites for hydroxylation is 3. The second-order valence-electron chi connectivity index (χ2n) is 4.48. The van der Waals surface area contributed by atoms with Gasteiger partial charge in [-0.2, -0.15) is 5.10 Å². The Morgan fingerprint density at radius 1 is 1.37 bits per heavy atom. The molecule has 0 saturated carbocycles. The fraction of sp³-hybridized carbons (Fsp3) is 0.231. The Morgan fingerprint density at radius 3 is 2.42 bits per heavy atom. The number of nitrogens with one attached hydrogen (secondary N) is 1. The van der Waals surface area contributed by atoms with Gasteiger partial charge in [-0.15, -0.1) is 0 Å². The van der Waals surface area contributed by atoms with Gasteiger partial charge in [0.1, 0.15) is 0 Å². The van der Waals surface area contributed by atoms with E-state index in [1.54, 1.807) is 13.2 Å². The number of nitrogen functional groups attached to an aromatic ring is 1. The van der Waals surface area contributed by atoms with Gasteiger partial charge in [-0.05, 0) is 37.1 Å². The van der Waals surface area contributed by atoms with E-state index in [1.165, 1.54) is 4.68 Å². The molecule has 1 heterocycles. The number of hydrogen-bond donors (Lipinski definition) is 2. The molecule has 2 aromatic rings. The third kappa shape index (κ3) is 2.78. The molecule has 0 saturated heterocycles. The Morgan fingerprint density at radius 2 is 1.95 bits per heavy atom. The van der Waals surface area contributed by atoms with Gasteiger partial charge in [-0.3, -0.25) is 9.48 Å². The summed E-state index contributed by atoms with van der Waals surface area (Å²) in [5.74, 6) is -0.299.